The van der Waals surface area contributed by atoms with Crippen LogP contribution in [0.3, 0.4) is 0 Å². The third-order valence-corrected chi connectivity index (χ3v) is 6.28. The molecule has 0 amide bonds. The largest absolute Gasteiger partial charge is 0.361 e. The molecule has 0 radical (unpaired) electrons. The first-order valence-corrected chi connectivity index (χ1v) is 12.0. The van der Waals surface area contributed by atoms with Gasteiger partial charge < -0.3 is 4.74 Å². The highest BCUT2D eigenvalue weighted by molar-refractivity contribution is 5.26. The first-order chi connectivity index (χ1) is 13.3. The molecule has 0 spiro atoms. The molecule has 154 valence electrons. The Morgan fingerprint density at radius 3 is 1.56 bits per heavy atom. The summed E-state index contributed by atoms with van der Waals surface area (Å²) in [7, 11) is 0. The molecule has 1 aliphatic heterocycles. The fraction of sp³-hybridized carbons (Fsp3) is 0.769. The summed E-state index contributed by atoms with van der Waals surface area (Å²) < 4.78 is 6.38. The van der Waals surface area contributed by atoms with Crippen molar-refractivity contribution in [1.29, 1.82) is 0 Å². The Balaban J connectivity index is 1.70. The van der Waals surface area contributed by atoms with Crippen LogP contribution >= 0.6 is 0 Å². The molecule has 1 unspecified atom stereocenters. The molecule has 1 heteroatoms. The van der Waals surface area contributed by atoms with Crippen LogP contribution in [-0.2, 0) is 4.74 Å². The molecule has 1 fully saturated rings. The number of epoxide rings is 1. The first kappa shape index (κ1) is 22.5. The van der Waals surface area contributed by atoms with Crippen LogP contribution in [0.15, 0.2) is 30.3 Å². The molecule has 0 N–H and O–H groups in total. The van der Waals surface area contributed by atoms with Gasteiger partial charge in [0.2, 0.25) is 0 Å². The van der Waals surface area contributed by atoms with Crippen molar-refractivity contribution in [2.45, 2.75) is 128 Å². The van der Waals surface area contributed by atoms with Gasteiger partial charge in [-0.3, -0.25) is 0 Å². The predicted octanol–water partition coefficient (Wildman–Crippen LogP) is 8.78. The highest BCUT2D eigenvalue weighted by Gasteiger charge is 2.55. The molecule has 0 saturated carbocycles. The molecule has 1 nitrogen and oxygen atoms in total. The van der Waals surface area contributed by atoms with Gasteiger partial charge in [0.1, 0.15) is 6.10 Å². The molecule has 0 aliphatic carbocycles. The van der Waals surface area contributed by atoms with Gasteiger partial charge in [-0.05, 0) is 18.4 Å². The SMILES string of the molecule is CCCCCCCCCC1(CCCCCCCCC)OC1c1ccccc1. The molecule has 0 aromatic heterocycles. The normalized spacial score (nSPS) is 17.9. The van der Waals surface area contributed by atoms with Crippen LogP contribution in [0.5, 0.6) is 0 Å². The molecule has 1 aromatic rings. The Bertz CT molecular complexity index is 448. The van der Waals surface area contributed by atoms with E-state index in [1.165, 1.54) is 108 Å². The maximum Gasteiger partial charge on any atom is 0.112 e. The standard InChI is InChI=1S/C26H44O/c1-3-5-7-9-11-13-18-22-26(23-19-14-12-10-8-6-4-2)25(27-26)24-20-16-15-17-21-24/h15-17,20-21,25H,3-14,18-19,22-23H2,1-2H3. The monoisotopic (exact) mass is 372 g/mol. The van der Waals surface area contributed by atoms with Crippen molar-refractivity contribution in [3.63, 3.8) is 0 Å². The van der Waals surface area contributed by atoms with Gasteiger partial charge in [-0.2, -0.15) is 0 Å². The highest BCUT2D eigenvalue weighted by Crippen LogP contribution is 2.55. The number of ether oxygens (including phenoxy) is 1. The van der Waals surface area contributed by atoms with Gasteiger partial charge in [0.25, 0.3) is 0 Å². The fourth-order valence-corrected chi connectivity index (χ4v) is 4.47. The lowest BCUT2D eigenvalue weighted by atomic mass is 9.88. The Morgan fingerprint density at radius 1 is 0.630 bits per heavy atom. The van der Waals surface area contributed by atoms with Crippen LogP contribution in [0.4, 0.5) is 0 Å². The van der Waals surface area contributed by atoms with Crippen LogP contribution in [0, 0.1) is 0 Å². The zero-order valence-corrected chi connectivity index (χ0v) is 18.2. The summed E-state index contributed by atoms with van der Waals surface area (Å²) in [6.45, 7) is 4.59. The average Bonchev–Trinajstić information content (AvgIpc) is 3.42. The van der Waals surface area contributed by atoms with E-state index in [0.717, 1.165) is 0 Å². The molecule has 0 bridgehead atoms. The summed E-state index contributed by atoms with van der Waals surface area (Å²) >= 11 is 0. The smallest absolute Gasteiger partial charge is 0.112 e. The minimum Gasteiger partial charge on any atom is -0.361 e. The van der Waals surface area contributed by atoms with E-state index in [2.05, 4.69) is 44.2 Å². The quantitative estimate of drug-likeness (QED) is 0.196. The Morgan fingerprint density at radius 2 is 1.07 bits per heavy atom. The van der Waals surface area contributed by atoms with Gasteiger partial charge >= 0.3 is 0 Å². The minimum atomic E-state index is 0.161. The number of hydrogen-bond acceptors (Lipinski definition) is 1. The number of unbranched alkanes of at least 4 members (excludes halogenated alkanes) is 12. The van der Waals surface area contributed by atoms with E-state index in [1.807, 2.05) is 0 Å². The van der Waals surface area contributed by atoms with Crippen LogP contribution in [0.2, 0.25) is 0 Å². The molecule has 27 heavy (non-hydrogen) atoms. The minimum absolute atomic E-state index is 0.161. The van der Waals surface area contributed by atoms with Crippen LogP contribution in [0.1, 0.15) is 128 Å². The van der Waals surface area contributed by atoms with E-state index >= 15 is 0 Å². The first-order valence-electron chi connectivity index (χ1n) is 12.0. The van der Waals surface area contributed by atoms with E-state index in [-0.39, 0.29) is 5.60 Å². The molecule has 1 aromatic carbocycles. The molecule has 2 rings (SSSR count). The van der Waals surface area contributed by atoms with Crippen molar-refractivity contribution < 1.29 is 4.74 Å². The van der Waals surface area contributed by atoms with Crippen LogP contribution in [0.25, 0.3) is 0 Å². The van der Waals surface area contributed by atoms with Gasteiger partial charge in [-0.25, -0.2) is 0 Å². The van der Waals surface area contributed by atoms with E-state index in [1.54, 1.807) is 0 Å². The third kappa shape index (κ3) is 8.38. The summed E-state index contributed by atoms with van der Waals surface area (Å²) in [6.07, 6.45) is 22.3. The fourth-order valence-electron chi connectivity index (χ4n) is 4.47. The lowest BCUT2D eigenvalue weighted by molar-refractivity contribution is 0.255. The molecular formula is C26H44O. The van der Waals surface area contributed by atoms with Crippen LogP contribution < -0.4 is 0 Å². The summed E-state index contributed by atoms with van der Waals surface area (Å²) in [6, 6.07) is 10.9. The second kappa shape index (κ2) is 13.4. The molecule has 1 aliphatic rings. The van der Waals surface area contributed by atoms with Gasteiger partial charge in [-0.15, -0.1) is 0 Å². The number of rotatable bonds is 17. The summed E-state index contributed by atoms with van der Waals surface area (Å²) in [4.78, 5) is 0. The van der Waals surface area contributed by atoms with Gasteiger partial charge in [-0.1, -0.05) is 134 Å². The summed E-state index contributed by atoms with van der Waals surface area (Å²) in [5.74, 6) is 0. The molecular weight excluding hydrogens is 328 g/mol. The van der Waals surface area contributed by atoms with Gasteiger partial charge in [0, 0.05) is 0 Å². The van der Waals surface area contributed by atoms with Crippen molar-refractivity contribution in [2.24, 2.45) is 0 Å². The third-order valence-electron chi connectivity index (χ3n) is 6.28. The Kier molecular flexibility index (Phi) is 11.1. The maximum atomic E-state index is 6.38. The van der Waals surface area contributed by atoms with Gasteiger partial charge in [0.05, 0.1) is 5.60 Å². The van der Waals surface area contributed by atoms with Crippen LogP contribution in [-0.4, -0.2) is 5.60 Å². The average molecular weight is 373 g/mol. The zero-order valence-electron chi connectivity index (χ0n) is 18.2. The van der Waals surface area contributed by atoms with Crippen molar-refractivity contribution in [3.05, 3.63) is 35.9 Å². The van der Waals surface area contributed by atoms with Crippen molar-refractivity contribution in [2.75, 3.05) is 0 Å². The Hall–Kier alpha value is -0.820. The second-order valence-corrected chi connectivity index (χ2v) is 8.72. The van der Waals surface area contributed by atoms with E-state index in [9.17, 15) is 0 Å². The zero-order chi connectivity index (χ0) is 19.2. The molecule has 1 heterocycles. The second-order valence-electron chi connectivity index (χ2n) is 8.72. The lowest BCUT2D eigenvalue weighted by Gasteiger charge is -2.13. The number of benzene rings is 1. The molecule has 1 atom stereocenters. The predicted molar refractivity (Wildman–Crippen MR) is 118 cm³/mol. The summed E-state index contributed by atoms with van der Waals surface area (Å²) in [5, 5.41) is 0. The number of hydrogen-bond donors (Lipinski definition) is 0. The van der Waals surface area contributed by atoms with Gasteiger partial charge in [0.15, 0.2) is 0 Å². The highest BCUT2D eigenvalue weighted by atomic mass is 16.6. The summed E-state index contributed by atoms with van der Waals surface area (Å²) in [5.41, 5.74) is 1.55. The van der Waals surface area contributed by atoms with Crippen molar-refractivity contribution in [1.82, 2.24) is 0 Å². The van der Waals surface area contributed by atoms with E-state index < -0.39 is 0 Å². The molecule has 1 saturated heterocycles. The van der Waals surface area contributed by atoms with Crippen molar-refractivity contribution >= 4 is 0 Å². The van der Waals surface area contributed by atoms with E-state index in [0.29, 0.717) is 6.10 Å². The maximum absolute atomic E-state index is 6.38. The topological polar surface area (TPSA) is 12.5 Å². The Labute approximate surface area is 169 Å². The lowest BCUT2D eigenvalue weighted by Crippen LogP contribution is -2.12. The van der Waals surface area contributed by atoms with Crippen molar-refractivity contribution in [3.8, 4) is 0 Å². The van der Waals surface area contributed by atoms with E-state index in [4.69, 9.17) is 4.74 Å².